The van der Waals surface area contributed by atoms with Gasteiger partial charge in [-0.1, -0.05) is 0 Å². The highest BCUT2D eigenvalue weighted by atomic mass is 16.5. The summed E-state index contributed by atoms with van der Waals surface area (Å²) in [7, 11) is 0. The van der Waals surface area contributed by atoms with E-state index >= 15 is 0 Å². The largest absolute Gasteiger partial charge is 0.461 e. The van der Waals surface area contributed by atoms with Crippen molar-refractivity contribution in [2.45, 2.75) is 45.8 Å². The molecule has 18 heavy (non-hydrogen) atoms. The van der Waals surface area contributed by atoms with Gasteiger partial charge in [0.1, 0.15) is 5.69 Å². The minimum absolute atomic E-state index is 0.229. The van der Waals surface area contributed by atoms with Crippen molar-refractivity contribution in [3.8, 4) is 0 Å². The molecule has 1 aromatic heterocycles. The number of carbonyl (C=O) groups is 1. The van der Waals surface area contributed by atoms with Gasteiger partial charge in [-0.25, -0.2) is 4.79 Å². The zero-order chi connectivity index (χ0) is 13.0. The summed E-state index contributed by atoms with van der Waals surface area (Å²) in [5, 5.41) is 0. The lowest BCUT2D eigenvalue weighted by molar-refractivity contribution is 0.0509. The van der Waals surface area contributed by atoms with Gasteiger partial charge in [0.25, 0.3) is 0 Å². The van der Waals surface area contributed by atoms with Gasteiger partial charge in [-0.15, -0.1) is 0 Å². The lowest BCUT2D eigenvalue weighted by Gasteiger charge is -2.12. The standard InChI is InChI=1S/C14H21NO3/c1-3-17-14(16)13-11(2)6-8-15(13)9-7-12-5-4-10-18-12/h6,8,12H,3-5,7,9-10H2,1-2H3. The first-order chi connectivity index (χ1) is 8.72. The van der Waals surface area contributed by atoms with Gasteiger partial charge >= 0.3 is 5.97 Å². The first-order valence-electron chi connectivity index (χ1n) is 6.66. The maximum atomic E-state index is 11.9. The predicted molar refractivity (Wildman–Crippen MR) is 68.7 cm³/mol. The molecule has 4 heteroatoms. The molecule has 0 N–H and O–H groups in total. The number of esters is 1. The van der Waals surface area contributed by atoms with Gasteiger partial charge in [-0.05, 0) is 44.7 Å². The number of ether oxygens (including phenoxy) is 2. The third kappa shape index (κ3) is 2.93. The maximum Gasteiger partial charge on any atom is 0.355 e. The molecule has 0 aromatic carbocycles. The molecule has 0 radical (unpaired) electrons. The van der Waals surface area contributed by atoms with Crippen LogP contribution in [0.15, 0.2) is 12.3 Å². The number of aryl methyl sites for hydroxylation is 2. The van der Waals surface area contributed by atoms with Crippen LogP contribution in [0, 0.1) is 6.92 Å². The molecule has 1 atom stereocenters. The third-order valence-electron chi connectivity index (χ3n) is 3.35. The van der Waals surface area contributed by atoms with Crippen LogP contribution in [0.1, 0.15) is 42.2 Å². The Bertz CT molecular complexity index is 405. The van der Waals surface area contributed by atoms with E-state index in [9.17, 15) is 4.79 Å². The SMILES string of the molecule is CCOC(=O)c1c(C)ccn1CCC1CCCO1. The van der Waals surface area contributed by atoms with Gasteiger partial charge in [0, 0.05) is 19.3 Å². The van der Waals surface area contributed by atoms with E-state index in [1.165, 1.54) is 0 Å². The molecule has 1 aliphatic rings. The summed E-state index contributed by atoms with van der Waals surface area (Å²) >= 11 is 0. The van der Waals surface area contributed by atoms with E-state index in [4.69, 9.17) is 9.47 Å². The Kier molecular flexibility index (Phi) is 4.42. The lowest BCUT2D eigenvalue weighted by atomic mass is 10.2. The average Bonchev–Trinajstić information content (AvgIpc) is 2.96. The van der Waals surface area contributed by atoms with E-state index in [2.05, 4.69) is 0 Å². The minimum atomic E-state index is -0.229. The molecule has 0 saturated carbocycles. The van der Waals surface area contributed by atoms with Crippen molar-refractivity contribution >= 4 is 5.97 Å². The fourth-order valence-corrected chi connectivity index (χ4v) is 2.40. The Labute approximate surface area is 108 Å². The first-order valence-corrected chi connectivity index (χ1v) is 6.66. The van der Waals surface area contributed by atoms with Crippen molar-refractivity contribution in [1.29, 1.82) is 0 Å². The van der Waals surface area contributed by atoms with E-state index < -0.39 is 0 Å². The van der Waals surface area contributed by atoms with Crippen LogP contribution < -0.4 is 0 Å². The molecule has 1 unspecified atom stereocenters. The second-order valence-corrected chi connectivity index (χ2v) is 4.68. The second-order valence-electron chi connectivity index (χ2n) is 4.68. The van der Waals surface area contributed by atoms with E-state index in [0.29, 0.717) is 18.4 Å². The van der Waals surface area contributed by atoms with Gasteiger partial charge in [0.05, 0.1) is 12.7 Å². The molecular formula is C14H21NO3. The molecule has 0 aliphatic carbocycles. The van der Waals surface area contributed by atoms with E-state index in [0.717, 1.165) is 38.0 Å². The van der Waals surface area contributed by atoms with Gasteiger partial charge in [-0.3, -0.25) is 0 Å². The average molecular weight is 251 g/mol. The van der Waals surface area contributed by atoms with Crippen LogP contribution in [0.25, 0.3) is 0 Å². The van der Waals surface area contributed by atoms with Crippen molar-refractivity contribution in [3.05, 3.63) is 23.5 Å². The molecule has 0 amide bonds. The summed E-state index contributed by atoms with van der Waals surface area (Å²) in [4.78, 5) is 11.9. The number of carbonyl (C=O) groups excluding carboxylic acids is 1. The summed E-state index contributed by atoms with van der Waals surface area (Å²) in [6.07, 6.45) is 5.55. The molecule has 0 spiro atoms. The zero-order valence-electron chi connectivity index (χ0n) is 11.1. The van der Waals surface area contributed by atoms with Crippen LogP contribution in [-0.4, -0.2) is 29.9 Å². The fourth-order valence-electron chi connectivity index (χ4n) is 2.40. The molecule has 1 saturated heterocycles. The highest BCUT2D eigenvalue weighted by Gasteiger charge is 2.19. The van der Waals surface area contributed by atoms with Crippen LogP contribution >= 0.6 is 0 Å². The number of hydrogen-bond acceptors (Lipinski definition) is 3. The van der Waals surface area contributed by atoms with Crippen molar-refractivity contribution in [2.24, 2.45) is 0 Å². The Morgan fingerprint density at radius 2 is 2.44 bits per heavy atom. The molecule has 1 aliphatic heterocycles. The van der Waals surface area contributed by atoms with E-state index in [1.54, 1.807) is 0 Å². The van der Waals surface area contributed by atoms with Gasteiger partial charge < -0.3 is 14.0 Å². The van der Waals surface area contributed by atoms with Crippen LogP contribution in [0.5, 0.6) is 0 Å². The van der Waals surface area contributed by atoms with Gasteiger partial charge in [0.15, 0.2) is 0 Å². The first kappa shape index (κ1) is 13.1. The predicted octanol–water partition coefficient (Wildman–Crippen LogP) is 2.54. The summed E-state index contributed by atoms with van der Waals surface area (Å²) in [5.74, 6) is -0.229. The normalized spacial score (nSPS) is 19.1. The summed E-state index contributed by atoms with van der Waals surface area (Å²) in [6.45, 7) is 5.86. The van der Waals surface area contributed by atoms with Crippen molar-refractivity contribution < 1.29 is 14.3 Å². The van der Waals surface area contributed by atoms with Crippen LogP contribution in [0.3, 0.4) is 0 Å². The summed E-state index contributed by atoms with van der Waals surface area (Å²) in [5.41, 5.74) is 1.65. The highest BCUT2D eigenvalue weighted by Crippen LogP contribution is 2.18. The van der Waals surface area contributed by atoms with Gasteiger partial charge in [-0.2, -0.15) is 0 Å². The van der Waals surface area contributed by atoms with Crippen molar-refractivity contribution in [3.63, 3.8) is 0 Å². The Morgan fingerprint density at radius 1 is 1.61 bits per heavy atom. The van der Waals surface area contributed by atoms with Crippen LogP contribution in [-0.2, 0) is 16.0 Å². The smallest absolute Gasteiger partial charge is 0.355 e. The highest BCUT2D eigenvalue weighted by molar-refractivity contribution is 5.89. The number of rotatable bonds is 5. The number of hydrogen-bond donors (Lipinski definition) is 0. The Morgan fingerprint density at radius 3 is 3.11 bits per heavy atom. The Balaban J connectivity index is 2.01. The number of aromatic nitrogens is 1. The Hall–Kier alpha value is -1.29. The van der Waals surface area contributed by atoms with Crippen LogP contribution in [0.4, 0.5) is 0 Å². The van der Waals surface area contributed by atoms with Gasteiger partial charge in [0.2, 0.25) is 0 Å². The fraction of sp³-hybridized carbons (Fsp3) is 0.643. The summed E-state index contributed by atoms with van der Waals surface area (Å²) < 4.78 is 12.7. The zero-order valence-corrected chi connectivity index (χ0v) is 11.1. The minimum Gasteiger partial charge on any atom is -0.461 e. The molecule has 100 valence electrons. The third-order valence-corrected chi connectivity index (χ3v) is 3.35. The second kappa shape index (κ2) is 6.05. The molecule has 2 heterocycles. The molecule has 2 rings (SSSR count). The molecule has 4 nitrogen and oxygen atoms in total. The molecular weight excluding hydrogens is 230 g/mol. The van der Waals surface area contributed by atoms with Crippen LogP contribution in [0.2, 0.25) is 0 Å². The lowest BCUT2D eigenvalue weighted by Crippen LogP contribution is -2.16. The quantitative estimate of drug-likeness (QED) is 0.755. The number of nitrogens with zero attached hydrogens (tertiary/aromatic N) is 1. The maximum absolute atomic E-state index is 11.9. The molecule has 0 bridgehead atoms. The topological polar surface area (TPSA) is 40.5 Å². The van der Waals surface area contributed by atoms with Crippen molar-refractivity contribution in [1.82, 2.24) is 4.57 Å². The summed E-state index contributed by atoms with van der Waals surface area (Å²) in [6, 6.07) is 1.96. The molecule has 1 aromatic rings. The van der Waals surface area contributed by atoms with Crippen molar-refractivity contribution in [2.75, 3.05) is 13.2 Å². The molecule has 1 fully saturated rings. The van der Waals surface area contributed by atoms with E-state index in [1.807, 2.05) is 30.7 Å². The monoisotopic (exact) mass is 251 g/mol. The van der Waals surface area contributed by atoms with E-state index in [-0.39, 0.29) is 5.97 Å².